The van der Waals surface area contributed by atoms with Crippen molar-refractivity contribution in [2.45, 2.75) is 19.5 Å². The second-order valence-electron chi connectivity index (χ2n) is 6.26. The molecule has 24 heavy (non-hydrogen) atoms. The summed E-state index contributed by atoms with van der Waals surface area (Å²) < 4.78 is 4.00. The second-order valence-corrected chi connectivity index (χ2v) is 6.26. The number of imidazole rings is 1. The molecule has 0 aliphatic carbocycles. The highest BCUT2D eigenvalue weighted by atomic mass is 16.2. The predicted octanol–water partition coefficient (Wildman–Crippen LogP) is 2.60. The van der Waals surface area contributed by atoms with Crippen molar-refractivity contribution in [1.82, 2.24) is 19.0 Å². The standard InChI is InChI=1S/C18H23N5O/c1-14(23-9-7-19-13-23)18(24)20-16-5-4-15-6-8-22(17(15)12-16)11-10-21(2)3/h4-9,12-14H,10-11H2,1-3H3,(H,20,24). The smallest absolute Gasteiger partial charge is 0.247 e. The average Bonchev–Trinajstić information content (AvgIpc) is 3.21. The Kier molecular flexibility index (Phi) is 4.66. The molecule has 6 nitrogen and oxygen atoms in total. The Morgan fingerprint density at radius 2 is 2.12 bits per heavy atom. The molecule has 1 amide bonds. The molecular formula is C18H23N5O. The van der Waals surface area contributed by atoms with E-state index in [1.807, 2.05) is 25.1 Å². The third kappa shape index (κ3) is 3.49. The summed E-state index contributed by atoms with van der Waals surface area (Å²) >= 11 is 0. The monoisotopic (exact) mass is 325 g/mol. The molecular weight excluding hydrogens is 302 g/mol. The van der Waals surface area contributed by atoms with Crippen LogP contribution in [0.15, 0.2) is 49.2 Å². The number of amides is 1. The Labute approximate surface area is 141 Å². The Morgan fingerprint density at radius 1 is 1.29 bits per heavy atom. The van der Waals surface area contributed by atoms with Crippen molar-refractivity contribution in [3.05, 3.63) is 49.2 Å². The molecule has 0 fully saturated rings. The number of likely N-dealkylation sites (N-methyl/N-ethyl adjacent to an activating group) is 1. The molecule has 3 rings (SSSR count). The van der Waals surface area contributed by atoms with E-state index in [0.29, 0.717) is 0 Å². The van der Waals surface area contributed by atoms with E-state index in [4.69, 9.17) is 0 Å². The van der Waals surface area contributed by atoms with Gasteiger partial charge in [0.2, 0.25) is 5.91 Å². The first-order chi connectivity index (χ1) is 11.5. The first kappa shape index (κ1) is 16.3. The summed E-state index contributed by atoms with van der Waals surface area (Å²) in [6.45, 7) is 3.74. The summed E-state index contributed by atoms with van der Waals surface area (Å²) in [5.41, 5.74) is 1.94. The topological polar surface area (TPSA) is 55.1 Å². The molecule has 0 saturated heterocycles. The van der Waals surface area contributed by atoms with Crippen LogP contribution in [0.5, 0.6) is 0 Å². The molecule has 0 radical (unpaired) electrons. The summed E-state index contributed by atoms with van der Waals surface area (Å²) in [5, 5.41) is 4.17. The van der Waals surface area contributed by atoms with Gasteiger partial charge in [-0.15, -0.1) is 0 Å². The number of hydrogen-bond acceptors (Lipinski definition) is 3. The highest BCUT2D eigenvalue weighted by molar-refractivity contribution is 5.95. The SMILES string of the molecule is CC(C(=O)Nc1ccc2ccn(CCN(C)C)c2c1)n1ccnc1. The van der Waals surface area contributed by atoms with Gasteiger partial charge in [-0.25, -0.2) is 4.98 Å². The fraction of sp³-hybridized carbons (Fsp3) is 0.333. The molecule has 0 spiro atoms. The lowest BCUT2D eigenvalue weighted by molar-refractivity contribution is -0.118. The van der Waals surface area contributed by atoms with Gasteiger partial charge in [-0.05, 0) is 44.6 Å². The summed E-state index contributed by atoms with van der Waals surface area (Å²) in [6.07, 6.45) is 7.21. The summed E-state index contributed by atoms with van der Waals surface area (Å²) in [4.78, 5) is 18.6. The van der Waals surface area contributed by atoms with Crippen LogP contribution in [-0.2, 0) is 11.3 Å². The molecule has 6 heteroatoms. The van der Waals surface area contributed by atoms with E-state index >= 15 is 0 Å². The van der Waals surface area contributed by atoms with Crippen LogP contribution in [0.1, 0.15) is 13.0 Å². The molecule has 2 heterocycles. The highest BCUT2D eigenvalue weighted by Gasteiger charge is 2.14. The van der Waals surface area contributed by atoms with Crippen LogP contribution in [0, 0.1) is 0 Å². The van der Waals surface area contributed by atoms with E-state index in [1.54, 1.807) is 23.3 Å². The molecule has 3 aromatic rings. The molecule has 0 aliphatic rings. The minimum Gasteiger partial charge on any atom is -0.346 e. The minimum atomic E-state index is -0.302. The Balaban J connectivity index is 1.77. The van der Waals surface area contributed by atoms with Crippen LogP contribution in [0.25, 0.3) is 10.9 Å². The third-order valence-electron chi connectivity index (χ3n) is 4.18. The fourth-order valence-electron chi connectivity index (χ4n) is 2.65. The third-order valence-corrected chi connectivity index (χ3v) is 4.18. The van der Waals surface area contributed by atoms with Crippen LogP contribution in [0.2, 0.25) is 0 Å². The summed E-state index contributed by atoms with van der Waals surface area (Å²) in [5.74, 6) is -0.0567. The molecule has 0 aliphatic heterocycles. The van der Waals surface area contributed by atoms with Gasteiger partial charge in [-0.1, -0.05) is 6.07 Å². The van der Waals surface area contributed by atoms with E-state index in [2.05, 4.69) is 46.1 Å². The van der Waals surface area contributed by atoms with Crippen LogP contribution < -0.4 is 5.32 Å². The Bertz CT molecular complexity index is 819. The summed E-state index contributed by atoms with van der Waals surface area (Å²) in [7, 11) is 4.13. The number of hydrogen-bond donors (Lipinski definition) is 1. The maximum absolute atomic E-state index is 12.4. The largest absolute Gasteiger partial charge is 0.346 e. The molecule has 126 valence electrons. The Morgan fingerprint density at radius 3 is 2.83 bits per heavy atom. The van der Waals surface area contributed by atoms with Crippen molar-refractivity contribution in [1.29, 1.82) is 0 Å². The molecule has 1 atom stereocenters. The molecule has 0 bridgehead atoms. The van der Waals surface area contributed by atoms with E-state index in [0.717, 1.165) is 24.3 Å². The number of aromatic nitrogens is 3. The normalized spacial score (nSPS) is 12.7. The zero-order valence-electron chi connectivity index (χ0n) is 14.3. The lowest BCUT2D eigenvalue weighted by atomic mass is 10.2. The van der Waals surface area contributed by atoms with Gasteiger partial charge >= 0.3 is 0 Å². The first-order valence-electron chi connectivity index (χ1n) is 8.06. The lowest BCUT2D eigenvalue weighted by Gasteiger charge is -2.14. The maximum atomic E-state index is 12.4. The second kappa shape index (κ2) is 6.88. The minimum absolute atomic E-state index is 0.0567. The van der Waals surface area contributed by atoms with Gasteiger partial charge < -0.3 is 19.4 Å². The van der Waals surface area contributed by atoms with Crippen LogP contribution in [0.3, 0.4) is 0 Å². The van der Waals surface area contributed by atoms with Crippen LogP contribution in [0.4, 0.5) is 5.69 Å². The van der Waals surface area contributed by atoms with Gasteiger partial charge in [0.05, 0.1) is 11.8 Å². The van der Waals surface area contributed by atoms with Gasteiger partial charge in [0.15, 0.2) is 0 Å². The van der Waals surface area contributed by atoms with Crippen molar-refractivity contribution >= 4 is 22.5 Å². The van der Waals surface area contributed by atoms with Gasteiger partial charge in [0.25, 0.3) is 0 Å². The van der Waals surface area contributed by atoms with Crippen LogP contribution >= 0.6 is 0 Å². The maximum Gasteiger partial charge on any atom is 0.247 e. The zero-order valence-corrected chi connectivity index (χ0v) is 14.3. The highest BCUT2D eigenvalue weighted by Crippen LogP contribution is 2.21. The van der Waals surface area contributed by atoms with Crippen molar-refractivity contribution in [3.63, 3.8) is 0 Å². The van der Waals surface area contributed by atoms with E-state index in [1.165, 1.54) is 5.39 Å². The number of benzene rings is 1. The Hall–Kier alpha value is -2.60. The number of carbonyl (C=O) groups excluding carboxylic acids is 1. The quantitative estimate of drug-likeness (QED) is 0.758. The van der Waals surface area contributed by atoms with Crippen molar-refractivity contribution in [3.8, 4) is 0 Å². The average molecular weight is 325 g/mol. The first-order valence-corrected chi connectivity index (χ1v) is 8.06. The van der Waals surface area contributed by atoms with E-state index in [9.17, 15) is 4.79 Å². The van der Waals surface area contributed by atoms with E-state index < -0.39 is 0 Å². The molecule has 2 aromatic heterocycles. The number of fused-ring (bicyclic) bond motifs is 1. The molecule has 1 N–H and O–H groups in total. The fourth-order valence-corrected chi connectivity index (χ4v) is 2.65. The zero-order chi connectivity index (χ0) is 17.1. The van der Waals surface area contributed by atoms with Crippen molar-refractivity contribution in [2.75, 3.05) is 26.0 Å². The molecule has 1 unspecified atom stereocenters. The van der Waals surface area contributed by atoms with E-state index in [-0.39, 0.29) is 11.9 Å². The number of nitrogens with zero attached hydrogens (tertiary/aromatic N) is 4. The van der Waals surface area contributed by atoms with Gasteiger partial charge in [-0.2, -0.15) is 0 Å². The number of rotatable bonds is 6. The summed E-state index contributed by atoms with van der Waals surface area (Å²) in [6, 6.07) is 7.81. The molecule has 0 saturated carbocycles. The lowest BCUT2D eigenvalue weighted by Crippen LogP contribution is -2.22. The molecule has 1 aromatic carbocycles. The number of nitrogens with one attached hydrogen (secondary N) is 1. The number of anilines is 1. The van der Waals surface area contributed by atoms with Gasteiger partial charge in [0.1, 0.15) is 6.04 Å². The van der Waals surface area contributed by atoms with Crippen molar-refractivity contribution < 1.29 is 4.79 Å². The van der Waals surface area contributed by atoms with Gasteiger partial charge in [0, 0.05) is 37.4 Å². The number of carbonyl (C=O) groups is 1. The van der Waals surface area contributed by atoms with Crippen molar-refractivity contribution in [2.24, 2.45) is 0 Å². The van der Waals surface area contributed by atoms with Crippen LogP contribution in [-0.4, -0.2) is 45.6 Å². The van der Waals surface area contributed by atoms with Gasteiger partial charge in [-0.3, -0.25) is 4.79 Å². The predicted molar refractivity (Wildman–Crippen MR) is 96.1 cm³/mol.